The van der Waals surface area contributed by atoms with Crippen molar-refractivity contribution in [2.24, 2.45) is 0 Å². The average molecular weight is 427 g/mol. The number of hydrogen-bond donors (Lipinski definition) is 2. The van der Waals surface area contributed by atoms with E-state index in [4.69, 9.17) is 15.5 Å². The van der Waals surface area contributed by atoms with Crippen LogP contribution in [0.15, 0.2) is 72.9 Å². The van der Waals surface area contributed by atoms with E-state index in [2.05, 4.69) is 10.3 Å². The molecule has 5 aromatic rings. The van der Waals surface area contributed by atoms with E-state index >= 15 is 0 Å². The molecule has 0 radical (unpaired) electrons. The summed E-state index contributed by atoms with van der Waals surface area (Å²) in [5.74, 6) is 0.470. The maximum absolute atomic E-state index is 13.1. The molecule has 0 aliphatic heterocycles. The molecule has 1 amide bonds. The summed E-state index contributed by atoms with van der Waals surface area (Å²) in [4.78, 5) is 23.3. The standard InChI is InChI=1S/C24H18N4O2S/c1-30-20-10-3-2-6-15(20)19-12-11-16-21(25)22(31-24(16)28-19)23(29)27-18-9-4-8-17-14(18)7-5-13-26-17/h2-13H,25H2,1H3,(H,27,29). The number of amides is 1. The predicted octanol–water partition coefficient (Wildman–Crippen LogP) is 5.35. The number of nitrogens with zero attached hydrogens (tertiary/aromatic N) is 2. The Kier molecular flexibility index (Phi) is 4.72. The molecule has 0 unspecified atom stereocenters. The minimum absolute atomic E-state index is 0.268. The Morgan fingerprint density at radius 2 is 1.87 bits per heavy atom. The number of thiophene rings is 1. The van der Waals surface area contributed by atoms with Crippen LogP contribution in [0.3, 0.4) is 0 Å². The van der Waals surface area contributed by atoms with Gasteiger partial charge >= 0.3 is 0 Å². The van der Waals surface area contributed by atoms with Crippen LogP contribution in [0, 0.1) is 0 Å². The summed E-state index contributed by atoms with van der Waals surface area (Å²) in [6, 6.07) is 20.9. The van der Waals surface area contributed by atoms with Gasteiger partial charge in [0.1, 0.15) is 15.5 Å². The summed E-state index contributed by atoms with van der Waals surface area (Å²) in [5.41, 5.74) is 9.90. The Balaban J connectivity index is 1.53. The number of nitrogen functional groups attached to an aromatic ring is 1. The fraction of sp³-hybridized carbons (Fsp3) is 0.0417. The Morgan fingerprint density at radius 3 is 2.74 bits per heavy atom. The van der Waals surface area contributed by atoms with Gasteiger partial charge in [0, 0.05) is 22.5 Å². The first-order valence-corrected chi connectivity index (χ1v) is 10.4. The van der Waals surface area contributed by atoms with Gasteiger partial charge in [0.25, 0.3) is 5.91 Å². The molecular formula is C24H18N4O2S. The molecule has 2 aromatic carbocycles. The Morgan fingerprint density at radius 1 is 1.00 bits per heavy atom. The summed E-state index contributed by atoms with van der Waals surface area (Å²) >= 11 is 1.27. The molecule has 0 saturated carbocycles. The van der Waals surface area contributed by atoms with Crippen LogP contribution in [0.4, 0.5) is 11.4 Å². The number of nitrogens with two attached hydrogens (primary N) is 1. The van der Waals surface area contributed by atoms with Gasteiger partial charge in [0.2, 0.25) is 0 Å². The number of rotatable bonds is 4. The van der Waals surface area contributed by atoms with E-state index in [1.807, 2.05) is 66.7 Å². The molecule has 3 N–H and O–H groups in total. The normalized spacial score (nSPS) is 11.0. The van der Waals surface area contributed by atoms with Crippen molar-refractivity contribution < 1.29 is 9.53 Å². The molecular weight excluding hydrogens is 408 g/mol. The molecule has 7 heteroatoms. The van der Waals surface area contributed by atoms with Crippen LogP contribution in [0.2, 0.25) is 0 Å². The monoisotopic (exact) mass is 426 g/mol. The second-order valence-electron chi connectivity index (χ2n) is 6.92. The molecule has 0 fully saturated rings. The third-order valence-corrected chi connectivity index (χ3v) is 6.19. The van der Waals surface area contributed by atoms with Gasteiger partial charge in [-0.15, -0.1) is 11.3 Å². The molecule has 6 nitrogen and oxygen atoms in total. The quantitative estimate of drug-likeness (QED) is 0.404. The van der Waals surface area contributed by atoms with Crippen LogP contribution in [-0.4, -0.2) is 23.0 Å². The van der Waals surface area contributed by atoms with E-state index in [1.165, 1.54) is 11.3 Å². The third-order valence-electron chi connectivity index (χ3n) is 5.08. The Bertz CT molecular complexity index is 1440. The molecule has 0 aliphatic carbocycles. The van der Waals surface area contributed by atoms with Crippen molar-refractivity contribution in [1.82, 2.24) is 9.97 Å². The number of para-hydroxylation sites is 1. The number of fused-ring (bicyclic) bond motifs is 2. The highest BCUT2D eigenvalue weighted by molar-refractivity contribution is 7.21. The number of carbonyl (C=O) groups is 1. The van der Waals surface area contributed by atoms with Crippen LogP contribution in [0.5, 0.6) is 5.75 Å². The summed E-state index contributed by atoms with van der Waals surface area (Å²) in [7, 11) is 1.63. The van der Waals surface area contributed by atoms with Crippen molar-refractivity contribution in [3.63, 3.8) is 0 Å². The largest absolute Gasteiger partial charge is 0.496 e. The molecule has 0 bridgehead atoms. The number of pyridine rings is 2. The van der Waals surface area contributed by atoms with Gasteiger partial charge in [-0.25, -0.2) is 4.98 Å². The topological polar surface area (TPSA) is 90.1 Å². The number of ether oxygens (including phenoxy) is 1. The number of methoxy groups -OCH3 is 1. The highest BCUT2D eigenvalue weighted by Crippen LogP contribution is 2.36. The van der Waals surface area contributed by atoms with Crippen LogP contribution in [0.1, 0.15) is 9.67 Å². The van der Waals surface area contributed by atoms with Crippen LogP contribution in [-0.2, 0) is 0 Å². The highest BCUT2D eigenvalue weighted by Gasteiger charge is 2.19. The molecule has 152 valence electrons. The van der Waals surface area contributed by atoms with Crippen LogP contribution in [0.25, 0.3) is 32.4 Å². The predicted molar refractivity (Wildman–Crippen MR) is 126 cm³/mol. The van der Waals surface area contributed by atoms with Crippen molar-refractivity contribution in [2.45, 2.75) is 0 Å². The lowest BCUT2D eigenvalue weighted by atomic mass is 10.1. The van der Waals surface area contributed by atoms with E-state index in [-0.39, 0.29) is 5.91 Å². The molecule has 3 aromatic heterocycles. The molecule has 0 saturated heterocycles. The van der Waals surface area contributed by atoms with Crippen molar-refractivity contribution in [1.29, 1.82) is 0 Å². The minimum atomic E-state index is -0.268. The molecule has 0 aliphatic rings. The maximum Gasteiger partial charge on any atom is 0.267 e. The van der Waals surface area contributed by atoms with E-state index in [0.29, 0.717) is 21.1 Å². The summed E-state index contributed by atoms with van der Waals surface area (Å²) in [5, 5.41) is 4.60. The van der Waals surface area contributed by atoms with Gasteiger partial charge in [-0.2, -0.15) is 0 Å². The Hall–Kier alpha value is -3.97. The zero-order valence-corrected chi connectivity index (χ0v) is 17.4. The lowest BCUT2D eigenvalue weighted by Crippen LogP contribution is -2.12. The summed E-state index contributed by atoms with van der Waals surface area (Å²) in [6.45, 7) is 0. The van der Waals surface area contributed by atoms with Crippen molar-refractivity contribution >= 4 is 49.7 Å². The zero-order chi connectivity index (χ0) is 21.4. The van der Waals surface area contributed by atoms with Crippen molar-refractivity contribution in [2.75, 3.05) is 18.2 Å². The van der Waals surface area contributed by atoms with E-state index in [9.17, 15) is 4.79 Å². The summed E-state index contributed by atoms with van der Waals surface area (Å²) in [6.07, 6.45) is 1.73. The fourth-order valence-corrected chi connectivity index (χ4v) is 4.55. The SMILES string of the molecule is COc1ccccc1-c1ccc2c(N)c(C(=O)Nc3cccc4ncccc34)sc2n1. The number of anilines is 2. The van der Waals surface area contributed by atoms with Gasteiger partial charge in [-0.05, 0) is 48.5 Å². The smallest absolute Gasteiger partial charge is 0.267 e. The molecule has 31 heavy (non-hydrogen) atoms. The second kappa shape index (κ2) is 7.70. The minimum Gasteiger partial charge on any atom is -0.496 e. The van der Waals surface area contributed by atoms with Gasteiger partial charge in [-0.3, -0.25) is 9.78 Å². The lowest BCUT2D eigenvalue weighted by molar-refractivity contribution is 0.103. The first kappa shape index (κ1) is 19.0. The van der Waals surface area contributed by atoms with Gasteiger partial charge in [0.05, 0.1) is 29.7 Å². The van der Waals surface area contributed by atoms with E-state index in [1.54, 1.807) is 13.3 Å². The molecule has 0 atom stereocenters. The summed E-state index contributed by atoms with van der Waals surface area (Å²) < 4.78 is 5.45. The number of benzene rings is 2. The first-order valence-electron chi connectivity index (χ1n) is 9.63. The number of aromatic nitrogens is 2. The van der Waals surface area contributed by atoms with Crippen LogP contribution >= 0.6 is 11.3 Å². The third kappa shape index (κ3) is 3.35. The molecule has 3 heterocycles. The lowest BCUT2D eigenvalue weighted by Gasteiger charge is -2.07. The zero-order valence-electron chi connectivity index (χ0n) is 16.6. The molecule has 0 spiro atoms. The Labute approximate surface area is 182 Å². The van der Waals surface area contributed by atoms with Gasteiger partial charge in [0.15, 0.2) is 0 Å². The van der Waals surface area contributed by atoms with E-state index in [0.717, 1.165) is 33.3 Å². The number of nitrogens with one attached hydrogen (secondary N) is 1. The maximum atomic E-state index is 13.1. The van der Waals surface area contributed by atoms with Crippen LogP contribution < -0.4 is 15.8 Å². The van der Waals surface area contributed by atoms with Gasteiger partial charge in [-0.1, -0.05) is 18.2 Å². The fourth-order valence-electron chi connectivity index (χ4n) is 3.56. The second-order valence-corrected chi connectivity index (χ2v) is 7.92. The highest BCUT2D eigenvalue weighted by atomic mass is 32.1. The average Bonchev–Trinajstić information content (AvgIpc) is 3.15. The van der Waals surface area contributed by atoms with Gasteiger partial charge < -0.3 is 15.8 Å². The molecule has 5 rings (SSSR count). The van der Waals surface area contributed by atoms with E-state index < -0.39 is 0 Å². The van der Waals surface area contributed by atoms with Crippen molar-refractivity contribution in [3.8, 4) is 17.0 Å². The first-order chi connectivity index (χ1) is 15.2. The van der Waals surface area contributed by atoms with Crippen molar-refractivity contribution in [3.05, 3.63) is 77.8 Å². The number of carbonyl (C=O) groups excluding carboxylic acids is 1. The number of hydrogen-bond acceptors (Lipinski definition) is 6.